The summed E-state index contributed by atoms with van der Waals surface area (Å²) in [4.78, 5) is 4.30. The Balaban J connectivity index is 2.26. The summed E-state index contributed by atoms with van der Waals surface area (Å²) in [6, 6.07) is 9.44. The van der Waals surface area contributed by atoms with Crippen molar-refractivity contribution in [2.24, 2.45) is 0 Å². The molecule has 0 aliphatic carbocycles. The second-order valence-corrected chi connectivity index (χ2v) is 4.70. The van der Waals surface area contributed by atoms with E-state index in [1.165, 1.54) is 0 Å². The molecule has 90 valence electrons. The Bertz CT molecular complexity index is 710. The first-order valence-electron chi connectivity index (χ1n) is 5.35. The van der Waals surface area contributed by atoms with Gasteiger partial charge in [0.1, 0.15) is 5.52 Å². The van der Waals surface area contributed by atoms with Crippen molar-refractivity contribution in [2.45, 2.75) is 6.61 Å². The number of pyridine rings is 1. The van der Waals surface area contributed by atoms with Crippen LogP contribution in [0.25, 0.3) is 16.9 Å². The van der Waals surface area contributed by atoms with Crippen LogP contribution >= 0.6 is 15.9 Å². The molecule has 0 aliphatic heterocycles. The minimum atomic E-state index is -0.101. The van der Waals surface area contributed by atoms with E-state index in [1.807, 2.05) is 30.3 Å². The van der Waals surface area contributed by atoms with Crippen LogP contribution in [-0.4, -0.2) is 25.1 Å². The normalized spacial score (nSPS) is 11.0. The zero-order chi connectivity index (χ0) is 12.5. The molecule has 0 fully saturated rings. The van der Waals surface area contributed by atoms with E-state index in [0.717, 1.165) is 15.5 Å². The molecule has 0 spiro atoms. The Morgan fingerprint density at radius 2 is 2.11 bits per heavy atom. The van der Waals surface area contributed by atoms with Crippen LogP contribution < -0.4 is 0 Å². The van der Waals surface area contributed by atoms with Crippen molar-refractivity contribution < 1.29 is 5.11 Å². The molecule has 0 amide bonds. The number of nitrogens with zero attached hydrogens (tertiary/aromatic N) is 4. The molecule has 3 rings (SSSR count). The molecular formula is C12H9BrN4O. The first-order valence-corrected chi connectivity index (χ1v) is 6.15. The molecular weight excluding hydrogens is 296 g/mol. The number of benzene rings is 1. The van der Waals surface area contributed by atoms with E-state index in [-0.39, 0.29) is 6.61 Å². The molecule has 0 bridgehead atoms. The Kier molecular flexibility index (Phi) is 2.81. The predicted octanol–water partition coefficient (Wildman–Crippen LogP) is 2.07. The number of aliphatic hydroxyl groups excluding tert-OH is 1. The van der Waals surface area contributed by atoms with Crippen LogP contribution in [0.15, 0.2) is 41.0 Å². The SMILES string of the molecule is OCc1cc(Br)cnc1-n1nnc2ccccc21. The molecule has 3 aromatic rings. The van der Waals surface area contributed by atoms with Gasteiger partial charge in [0.2, 0.25) is 0 Å². The second kappa shape index (κ2) is 4.47. The van der Waals surface area contributed by atoms with Crippen molar-refractivity contribution in [3.05, 3.63) is 46.6 Å². The summed E-state index contributed by atoms with van der Waals surface area (Å²) in [6.45, 7) is -0.101. The van der Waals surface area contributed by atoms with Crippen molar-refractivity contribution >= 4 is 27.0 Å². The zero-order valence-electron chi connectivity index (χ0n) is 9.29. The van der Waals surface area contributed by atoms with Gasteiger partial charge in [-0.2, -0.15) is 4.68 Å². The molecule has 0 atom stereocenters. The van der Waals surface area contributed by atoms with Gasteiger partial charge in [0.15, 0.2) is 5.82 Å². The van der Waals surface area contributed by atoms with Gasteiger partial charge in [0.05, 0.1) is 12.1 Å². The van der Waals surface area contributed by atoms with Gasteiger partial charge in [-0.3, -0.25) is 0 Å². The van der Waals surface area contributed by atoms with Crippen molar-refractivity contribution in [3.63, 3.8) is 0 Å². The van der Waals surface area contributed by atoms with Gasteiger partial charge in [-0.25, -0.2) is 4.98 Å². The maximum atomic E-state index is 9.39. The van der Waals surface area contributed by atoms with E-state index in [0.29, 0.717) is 11.4 Å². The minimum Gasteiger partial charge on any atom is -0.392 e. The van der Waals surface area contributed by atoms with Crippen LogP contribution in [0.5, 0.6) is 0 Å². The van der Waals surface area contributed by atoms with Crippen LogP contribution in [-0.2, 0) is 6.61 Å². The maximum absolute atomic E-state index is 9.39. The number of hydrogen-bond acceptors (Lipinski definition) is 4. The molecule has 2 heterocycles. The van der Waals surface area contributed by atoms with Crippen molar-refractivity contribution in [1.29, 1.82) is 0 Å². The van der Waals surface area contributed by atoms with Crippen LogP contribution in [0, 0.1) is 0 Å². The average molecular weight is 305 g/mol. The molecule has 0 aliphatic rings. The molecule has 5 nitrogen and oxygen atoms in total. The maximum Gasteiger partial charge on any atom is 0.161 e. The zero-order valence-corrected chi connectivity index (χ0v) is 10.9. The third-order valence-electron chi connectivity index (χ3n) is 2.63. The molecule has 18 heavy (non-hydrogen) atoms. The van der Waals surface area contributed by atoms with Gasteiger partial charge in [0.25, 0.3) is 0 Å². The standard InChI is InChI=1S/C12H9BrN4O/c13-9-5-8(7-18)12(14-6-9)17-11-4-2-1-3-10(11)15-16-17/h1-6,18H,7H2. The Morgan fingerprint density at radius 3 is 2.94 bits per heavy atom. The van der Waals surface area contributed by atoms with Gasteiger partial charge in [-0.1, -0.05) is 17.3 Å². The fourth-order valence-corrected chi connectivity index (χ4v) is 2.19. The van der Waals surface area contributed by atoms with Crippen LogP contribution in [0.2, 0.25) is 0 Å². The number of fused-ring (bicyclic) bond motifs is 1. The quantitative estimate of drug-likeness (QED) is 0.787. The lowest BCUT2D eigenvalue weighted by atomic mass is 10.2. The van der Waals surface area contributed by atoms with Crippen molar-refractivity contribution in [1.82, 2.24) is 20.0 Å². The van der Waals surface area contributed by atoms with Gasteiger partial charge in [-0.05, 0) is 34.1 Å². The summed E-state index contributed by atoms with van der Waals surface area (Å²) < 4.78 is 2.45. The highest BCUT2D eigenvalue weighted by Crippen LogP contribution is 2.20. The molecule has 0 saturated heterocycles. The van der Waals surface area contributed by atoms with Crippen LogP contribution in [0.1, 0.15) is 5.56 Å². The third kappa shape index (κ3) is 1.79. The molecule has 0 radical (unpaired) electrons. The summed E-state index contributed by atoms with van der Waals surface area (Å²) in [7, 11) is 0. The van der Waals surface area contributed by atoms with Crippen molar-refractivity contribution in [2.75, 3.05) is 0 Å². The molecule has 2 aromatic heterocycles. The summed E-state index contributed by atoms with van der Waals surface area (Å²) >= 11 is 3.33. The summed E-state index contributed by atoms with van der Waals surface area (Å²) in [5, 5.41) is 17.5. The Hall–Kier alpha value is -1.79. The molecule has 1 N–H and O–H groups in total. The average Bonchev–Trinajstić information content (AvgIpc) is 2.82. The highest BCUT2D eigenvalue weighted by molar-refractivity contribution is 9.10. The lowest BCUT2D eigenvalue weighted by molar-refractivity contribution is 0.280. The van der Waals surface area contributed by atoms with E-state index in [1.54, 1.807) is 10.9 Å². The first-order chi connectivity index (χ1) is 8.79. The monoisotopic (exact) mass is 304 g/mol. The highest BCUT2D eigenvalue weighted by atomic mass is 79.9. The minimum absolute atomic E-state index is 0.101. The Labute approximate surface area is 111 Å². The lowest BCUT2D eigenvalue weighted by Gasteiger charge is -2.06. The fraction of sp³-hybridized carbons (Fsp3) is 0.0833. The van der Waals surface area contributed by atoms with Crippen LogP contribution in [0.3, 0.4) is 0 Å². The highest BCUT2D eigenvalue weighted by Gasteiger charge is 2.11. The van der Waals surface area contributed by atoms with E-state index in [4.69, 9.17) is 0 Å². The predicted molar refractivity (Wildman–Crippen MR) is 70.3 cm³/mol. The van der Waals surface area contributed by atoms with Gasteiger partial charge >= 0.3 is 0 Å². The van der Waals surface area contributed by atoms with E-state index < -0.39 is 0 Å². The first kappa shape index (κ1) is 11.3. The number of hydrogen-bond donors (Lipinski definition) is 1. The van der Waals surface area contributed by atoms with Crippen molar-refractivity contribution in [3.8, 4) is 5.82 Å². The van der Waals surface area contributed by atoms with Gasteiger partial charge in [0, 0.05) is 16.2 Å². The smallest absolute Gasteiger partial charge is 0.161 e. The number of rotatable bonds is 2. The van der Waals surface area contributed by atoms with E-state index >= 15 is 0 Å². The lowest BCUT2D eigenvalue weighted by Crippen LogP contribution is -2.04. The molecule has 0 saturated carbocycles. The second-order valence-electron chi connectivity index (χ2n) is 3.78. The summed E-state index contributed by atoms with van der Waals surface area (Å²) in [5.74, 6) is 0.592. The Morgan fingerprint density at radius 1 is 1.28 bits per heavy atom. The van der Waals surface area contributed by atoms with E-state index in [9.17, 15) is 5.11 Å². The number of aliphatic hydroxyl groups is 1. The number of aromatic nitrogens is 4. The topological polar surface area (TPSA) is 63.8 Å². The van der Waals surface area contributed by atoms with Gasteiger partial charge < -0.3 is 5.11 Å². The molecule has 6 heteroatoms. The van der Waals surface area contributed by atoms with E-state index in [2.05, 4.69) is 31.2 Å². The molecule has 1 aromatic carbocycles. The van der Waals surface area contributed by atoms with Gasteiger partial charge in [-0.15, -0.1) is 5.10 Å². The van der Waals surface area contributed by atoms with Crippen LogP contribution in [0.4, 0.5) is 0 Å². The largest absolute Gasteiger partial charge is 0.392 e. The fourth-order valence-electron chi connectivity index (χ4n) is 1.81. The summed E-state index contributed by atoms with van der Waals surface area (Å²) in [6.07, 6.45) is 1.67. The molecule has 0 unspecified atom stereocenters. The number of para-hydroxylation sites is 1. The summed E-state index contributed by atoms with van der Waals surface area (Å²) in [5.41, 5.74) is 2.35. The number of halogens is 1. The third-order valence-corrected chi connectivity index (χ3v) is 3.07.